The van der Waals surface area contributed by atoms with E-state index < -0.39 is 6.04 Å². The standard InChI is InChI=1S/C17H25N3O2/c1-12(17(22)18-14-6-4-2-3-5-7-14)20-16(21)11-10-15(19-20)13-8-9-13/h10-14H,2-9H2,1H3,(H,18,22). The smallest absolute Gasteiger partial charge is 0.267 e. The van der Waals surface area contributed by atoms with Gasteiger partial charge in [0.1, 0.15) is 6.04 Å². The van der Waals surface area contributed by atoms with Crippen LogP contribution in [-0.4, -0.2) is 21.7 Å². The second-order valence-corrected chi connectivity index (χ2v) is 6.69. The van der Waals surface area contributed by atoms with E-state index in [1.54, 1.807) is 13.0 Å². The first-order chi connectivity index (χ1) is 10.6. The minimum atomic E-state index is -0.547. The fourth-order valence-electron chi connectivity index (χ4n) is 3.17. The van der Waals surface area contributed by atoms with Crippen LogP contribution in [0.5, 0.6) is 0 Å². The van der Waals surface area contributed by atoms with Crippen molar-refractivity contribution >= 4 is 5.91 Å². The van der Waals surface area contributed by atoms with E-state index in [1.165, 1.54) is 36.4 Å². The molecule has 22 heavy (non-hydrogen) atoms. The second kappa shape index (κ2) is 6.63. The van der Waals surface area contributed by atoms with Crippen LogP contribution in [0.4, 0.5) is 0 Å². The van der Waals surface area contributed by atoms with Gasteiger partial charge in [0, 0.05) is 18.0 Å². The van der Waals surface area contributed by atoms with E-state index in [0.29, 0.717) is 5.92 Å². The molecule has 1 atom stereocenters. The molecule has 0 radical (unpaired) electrons. The highest BCUT2D eigenvalue weighted by Gasteiger charge is 2.27. The Morgan fingerprint density at radius 1 is 1.18 bits per heavy atom. The quantitative estimate of drug-likeness (QED) is 0.869. The van der Waals surface area contributed by atoms with Crippen LogP contribution in [0.25, 0.3) is 0 Å². The molecule has 2 saturated carbocycles. The molecule has 0 aliphatic heterocycles. The van der Waals surface area contributed by atoms with Gasteiger partial charge < -0.3 is 5.32 Å². The van der Waals surface area contributed by atoms with Gasteiger partial charge in [0.15, 0.2) is 0 Å². The molecule has 5 heteroatoms. The monoisotopic (exact) mass is 303 g/mol. The summed E-state index contributed by atoms with van der Waals surface area (Å²) in [6.45, 7) is 1.76. The van der Waals surface area contributed by atoms with Gasteiger partial charge in [0.25, 0.3) is 5.56 Å². The first kappa shape index (κ1) is 15.3. The van der Waals surface area contributed by atoms with Crippen molar-refractivity contribution in [3.05, 3.63) is 28.2 Å². The number of hydrogen-bond donors (Lipinski definition) is 1. The minimum absolute atomic E-state index is 0.0885. The molecular formula is C17H25N3O2. The van der Waals surface area contributed by atoms with Gasteiger partial charge in [-0.15, -0.1) is 0 Å². The van der Waals surface area contributed by atoms with Gasteiger partial charge in [-0.05, 0) is 38.7 Å². The Labute approximate surface area is 131 Å². The molecule has 0 bridgehead atoms. The molecule has 0 spiro atoms. The van der Waals surface area contributed by atoms with E-state index in [9.17, 15) is 9.59 Å². The second-order valence-electron chi connectivity index (χ2n) is 6.69. The molecule has 1 unspecified atom stereocenters. The minimum Gasteiger partial charge on any atom is -0.352 e. The van der Waals surface area contributed by atoms with Crippen molar-refractivity contribution in [1.82, 2.24) is 15.1 Å². The molecule has 2 fully saturated rings. The summed E-state index contributed by atoms with van der Waals surface area (Å²) in [5.41, 5.74) is 0.738. The topological polar surface area (TPSA) is 64.0 Å². The van der Waals surface area contributed by atoms with Gasteiger partial charge in [0.05, 0.1) is 5.69 Å². The van der Waals surface area contributed by atoms with Crippen molar-refractivity contribution < 1.29 is 4.79 Å². The predicted molar refractivity (Wildman–Crippen MR) is 84.8 cm³/mol. The molecule has 1 aromatic rings. The first-order valence-electron chi connectivity index (χ1n) is 8.55. The molecule has 120 valence electrons. The summed E-state index contributed by atoms with van der Waals surface area (Å²) < 4.78 is 1.35. The van der Waals surface area contributed by atoms with E-state index in [1.807, 2.05) is 0 Å². The number of hydrogen-bond acceptors (Lipinski definition) is 3. The highest BCUT2D eigenvalue weighted by Crippen LogP contribution is 2.38. The number of carbonyl (C=O) groups excluding carboxylic acids is 1. The number of nitrogens with zero attached hydrogens (tertiary/aromatic N) is 2. The number of rotatable bonds is 4. The molecule has 1 aromatic heterocycles. The van der Waals surface area contributed by atoms with Crippen molar-refractivity contribution in [2.45, 2.75) is 76.3 Å². The zero-order valence-corrected chi connectivity index (χ0v) is 13.3. The zero-order chi connectivity index (χ0) is 15.5. The Hall–Kier alpha value is -1.65. The fourth-order valence-corrected chi connectivity index (χ4v) is 3.17. The van der Waals surface area contributed by atoms with Gasteiger partial charge in [0.2, 0.25) is 5.91 Å². The molecule has 2 aliphatic rings. The average molecular weight is 303 g/mol. The molecule has 1 N–H and O–H groups in total. The third-order valence-corrected chi connectivity index (χ3v) is 4.79. The Kier molecular flexibility index (Phi) is 4.60. The van der Waals surface area contributed by atoms with Gasteiger partial charge in [-0.1, -0.05) is 25.7 Å². The number of carbonyl (C=O) groups is 1. The molecule has 3 rings (SSSR count). The van der Waals surface area contributed by atoms with Crippen molar-refractivity contribution in [1.29, 1.82) is 0 Å². The highest BCUT2D eigenvalue weighted by atomic mass is 16.2. The van der Waals surface area contributed by atoms with Crippen LogP contribution in [0, 0.1) is 0 Å². The molecule has 5 nitrogen and oxygen atoms in total. The van der Waals surface area contributed by atoms with Crippen LogP contribution >= 0.6 is 0 Å². The number of aromatic nitrogens is 2. The number of amides is 1. The lowest BCUT2D eigenvalue weighted by Gasteiger charge is -2.20. The van der Waals surface area contributed by atoms with Gasteiger partial charge >= 0.3 is 0 Å². The maximum absolute atomic E-state index is 12.5. The summed E-state index contributed by atoms with van der Waals surface area (Å²) in [6, 6.07) is 3.04. The van der Waals surface area contributed by atoms with Crippen LogP contribution in [0.15, 0.2) is 16.9 Å². The summed E-state index contributed by atoms with van der Waals surface area (Å²) in [6.07, 6.45) is 9.22. The lowest BCUT2D eigenvalue weighted by molar-refractivity contribution is -0.125. The van der Waals surface area contributed by atoms with E-state index in [0.717, 1.165) is 31.4 Å². The lowest BCUT2D eigenvalue weighted by Crippen LogP contribution is -2.41. The van der Waals surface area contributed by atoms with Crippen LogP contribution in [-0.2, 0) is 4.79 Å². The summed E-state index contributed by atoms with van der Waals surface area (Å²) in [5.74, 6) is 0.387. The van der Waals surface area contributed by atoms with Crippen LogP contribution < -0.4 is 10.9 Å². The Balaban J connectivity index is 1.69. The average Bonchev–Trinajstić information content (AvgIpc) is 3.34. The van der Waals surface area contributed by atoms with Crippen molar-refractivity contribution in [3.8, 4) is 0 Å². The first-order valence-corrected chi connectivity index (χ1v) is 8.55. The predicted octanol–water partition coefficient (Wildman–Crippen LogP) is 2.52. The normalized spacial score (nSPS) is 21.1. The van der Waals surface area contributed by atoms with Crippen molar-refractivity contribution in [2.75, 3.05) is 0 Å². The third-order valence-electron chi connectivity index (χ3n) is 4.79. The largest absolute Gasteiger partial charge is 0.352 e. The SMILES string of the molecule is CC(C(=O)NC1CCCCCC1)n1nc(C2CC2)ccc1=O. The molecule has 2 aliphatic carbocycles. The van der Waals surface area contributed by atoms with Crippen molar-refractivity contribution in [3.63, 3.8) is 0 Å². The van der Waals surface area contributed by atoms with Gasteiger partial charge in [-0.25, -0.2) is 4.68 Å². The lowest BCUT2D eigenvalue weighted by atomic mass is 10.1. The molecule has 1 heterocycles. The van der Waals surface area contributed by atoms with E-state index in [2.05, 4.69) is 10.4 Å². The molecule has 0 saturated heterocycles. The zero-order valence-electron chi connectivity index (χ0n) is 13.3. The van der Waals surface area contributed by atoms with Gasteiger partial charge in [-0.3, -0.25) is 9.59 Å². The van der Waals surface area contributed by atoms with Crippen LogP contribution in [0.2, 0.25) is 0 Å². The molecule has 0 aromatic carbocycles. The Morgan fingerprint density at radius 2 is 1.86 bits per heavy atom. The maximum atomic E-state index is 12.5. The maximum Gasteiger partial charge on any atom is 0.267 e. The van der Waals surface area contributed by atoms with E-state index >= 15 is 0 Å². The molecule has 1 amide bonds. The number of nitrogens with one attached hydrogen (secondary N) is 1. The summed E-state index contributed by atoms with van der Waals surface area (Å²) in [7, 11) is 0. The van der Waals surface area contributed by atoms with E-state index in [4.69, 9.17) is 0 Å². The summed E-state index contributed by atoms with van der Waals surface area (Å²) >= 11 is 0. The molecular weight excluding hydrogens is 278 g/mol. The third kappa shape index (κ3) is 3.57. The highest BCUT2D eigenvalue weighted by molar-refractivity contribution is 5.80. The van der Waals surface area contributed by atoms with Crippen molar-refractivity contribution in [2.24, 2.45) is 0 Å². The Morgan fingerprint density at radius 3 is 2.50 bits per heavy atom. The van der Waals surface area contributed by atoms with Crippen LogP contribution in [0.3, 0.4) is 0 Å². The van der Waals surface area contributed by atoms with E-state index in [-0.39, 0.29) is 17.5 Å². The van der Waals surface area contributed by atoms with Crippen LogP contribution in [0.1, 0.15) is 75.9 Å². The summed E-state index contributed by atoms with van der Waals surface area (Å²) in [5, 5.41) is 7.52. The summed E-state index contributed by atoms with van der Waals surface area (Å²) in [4.78, 5) is 24.5. The fraction of sp³-hybridized carbons (Fsp3) is 0.706. The van der Waals surface area contributed by atoms with Gasteiger partial charge in [-0.2, -0.15) is 5.10 Å². The Bertz CT molecular complexity index is 584.